The zero-order chi connectivity index (χ0) is 16.7. The number of aromatic nitrogens is 1. The first kappa shape index (κ1) is 16.2. The number of para-hydroxylation sites is 1. The highest BCUT2D eigenvalue weighted by molar-refractivity contribution is 7.22. The zero-order valence-electron chi connectivity index (χ0n) is 13.5. The van der Waals surface area contributed by atoms with Crippen molar-refractivity contribution in [2.24, 2.45) is 5.92 Å². The number of fused-ring (bicyclic) bond motifs is 1. The molecule has 2 aliphatic heterocycles. The Morgan fingerprint density at radius 1 is 1.08 bits per heavy atom. The molecule has 2 saturated heterocycles. The Hall–Kier alpha value is -1.25. The summed E-state index contributed by atoms with van der Waals surface area (Å²) in [5.41, 5.74) is 1.05. The maximum atomic E-state index is 9.83. The summed E-state index contributed by atoms with van der Waals surface area (Å²) in [5, 5.41) is 30.4. The van der Waals surface area contributed by atoms with Gasteiger partial charge in [0.25, 0.3) is 0 Å². The van der Waals surface area contributed by atoms with Crippen molar-refractivity contribution >= 4 is 26.7 Å². The molecule has 1 aromatic heterocycles. The third kappa shape index (κ3) is 3.14. The summed E-state index contributed by atoms with van der Waals surface area (Å²) in [7, 11) is 0. The molecule has 0 saturated carbocycles. The van der Waals surface area contributed by atoms with Gasteiger partial charge in [-0.2, -0.15) is 0 Å². The Balaban J connectivity index is 1.38. The van der Waals surface area contributed by atoms with Crippen LogP contribution in [0.15, 0.2) is 24.3 Å². The quantitative estimate of drug-likeness (QED) is 0.750. The van der Waals surface area contributed by atoms with Crippen LogP contribution in [-0.2, 0) is 0 Å². The van der Waals surface area contributed by atoms with Gasteiger partial charge in [0, 0.05) is 32.7 Å². The predicted octanol–water partition coefficient (Wildman–Crippen LogP) is 0.521. The zero-order valence-corrected chi connectivity index (χ0v) is 14.3. The molecular weight excluding hydrogens is 326 g/mol. The van der Waals surface area contributed by atoms with E-state index in [4.69, 9.17) is 4.98 Å². The summed E-state index contributed by atoms with van der Waals surface area (Å²) in [6, 6.07) is 8.20. The lowest BCUT2D eigenvalue weighted by atomic mass is 10.00. The smallest absolute Gasteiger partial charge is 0.186 e. The van der Waals surface area contributed by atoms with Gasteiger partial charge in [-0.1, -0.05) is 23.5 Å². The molecule has 2 fully saturated rings. The van der Waals surface area contributed by atoms with Crippen LogP contribution in [0.5, 0.6) is 0 Å². The number of aliphatic hydroxyl groups excluding tert-OH is 3. The topological polar surface area (TPSA) is 80.1 Å². The minimum atomic E-state index is -1.02. The highest BCUT2D eigenvalue weighted by atomic mass is 32.1. The number of nitrogens with zero attached hydrogens (tertiary/aromatic N) is 3. The van der Waals surface area contributed by atoms with E-state index in [9.17, 15) is 15.3 Å². The number of rotatable bonds is 3. The van der Waals surface area contributed by atoms with Crippen LogP contribution in [-0.4, -0.2) is 76.2 Å². The Morgan fingerprint density at radius 2 is 1.83 bits per heavy atom. The fourth-order valence-electron chi connectivity index (χ4n) is 3.74. The van der Waals surface area contributed by atoms with E-state index < -0.39 is 18.3 Å². The van der Waals surface area contributed by atoms with Crippen molar-refractivity contribution in [3.05, 3.63) is 24.3 Å². The lowest BCUT2D eigenvalue weighted by Gasteiger charge is -2.37. The van der Waals surface area contributed by atoms with Gasteiger partial charge in [0.05, 0.1) is 22.4 Å². The molecule has 6 nitrogen and oxygen atoms in total. The van der Waals surface area contributed by atoms with E-state index in [-0.39, 0.29) is 0 Å². The molecule has 3 heterocycles. The third-order valence-electron chi connectivity index (χ3n) is 5.03. The number of hydrogen-bond donors (Lipinski definition) is 3. The maximum absolute atomic E-state index is 9.83. The van der Waals surface area contributed by atoms with Gasteiger partial charge in [0.2, 0.25) is 0 Å². The van der Waals surface area contributed by atoms with E-state index >= 15 is 0 Å². The molecule has 4 atom stereocenters. The van der Waals surface area contributed by atoms with Gasteiger partial charge in [0.15, 0.2) is 5.13 Å². The number of piperidine rings is 1. The highest BCUT2D eigenvalue weighted by Crippen LogP contribution is 2.32. The maximum Gasteiger partial charge on any atom is 0.186 e. The molecule has 0 bridgehead atoms. The first-order valence-electron chi connectivity index (χ1n) is 8.47. The number of aliphatic hydroxyl groups is 3. The molecule has 130 valence electrons. The van der Waals surface area contributed by atoms with Gasteiger partial charge in [-0.05, 0) is 24.5 Å². The fraction of sp³-hybridized carbons (Fsp3) is 0.588. The second kappa shape index (κ2) is 6.57. The average molecular weight is 349 g/mol. The molecule has 2 aliphatic rings. The number of anilines is 1. The van der Waals surface area contributed by atoms with Gasteiger partial charge >= 0.3 is 0 Å². The van der Waals surface area contributed by atoms with E-state index in [1.807, 2.05) is 18.2 Å². The van der Waals surface area contributed by atoms with Gasteiger partial charge in [-0.15, -0.1) is 0 Å². The Labute approximate surface area is 145 Å². The van der Waals surface area contributed by atoms with Gasteiger partial charge < -0.3 is 20.2 Å². The van der Waals surface area contributed by atoms with Crippen molar-refractivity contribution in [1.29, 1.82) is 0 Å². The molecule has 2 aromatic rings. The van der Waals surface area contributed by atoms with E-state index in [0.29, 0.717) is 19.0 Å². The van der Waals surface area contributed by atoms with Crippen molar-refractivity contribution in [1.82, 2.24) is 9.88 Å². The number of thiazole rings is 1. The van der Waals surface area contributed by atoms with Crippen LogP contribution in [0, 0.1) is 5.92 Å². The number of likely N-dealkylation sites (tertiary alicyclic amines) is 1. The van der Waals surface area contributed by atoms with E-state index in [2.05, 4.69) is 15.9 Å². The summed E-state index contributed by atoms with van der Waals surface area (Å²) in [6.07, 6.45) is -1.67. The van der Waals surface area contributed by atoms with Crippen molar-refractivity contribution in [3.63, 3.8) is 0 Å². The predicted molar refractivity (Wildman–Crippen MR) is 94.4 cm³/mol. The lowest BCUT2D eigenvalue weighted by Crippen LogP contribution is -2.56. The minimum absolute atomic E-state index is 0.426. The summed E-state index contributed by atoms with van der Waals surface area (Å²) >= 11 is 1.73. The molecule has 0 aliphatic carbocycles. The van der Waals surface area contributed by atoms with Crippen LogP contribution < -0.4 is 4.90 Å². The molecule has 0 radical (unpaired) electrons. The molecule has 1 aromatic carbocycles. The molecular formula is C17H23N3O3S. The van der Waals surface area contributed by atoms with Crippen LogP contribution in [0.3, 0.4) is 0 Å². The average Bonchev–Trinajstić information content (AvgIpc) is 3.18. The van der Waals surface area contributed by atoms with Crippen LogP contribution in [0.4, 0.5) is 5.13 Å². The van der Waals surface area contributed by atoms with Crippen LogP contribution in [0.25, 0.3) is 10.2 Å². The van der Waals surface area contributed by atoms with Gasteiger partial charge in [0.1, 0.15) is 6.10 Å². The second-order valence-electron chi connectivity index (χ2n) is 6.91. The van der Waals surface area contributed by atoms with Crippen LogP contribution >= 0.6 is 11.3 Å². The van der Waals surface area contributed by atoms with E-state index in [1.54, 1.807) is 11.3 Å². The standard InChI is InChI=1S/C17H23N3O3S/c21-13-9-19(10-14(22)16(13)23)7-11-5-6-20(8-11)17-18-12-3-1-2-4-15(12)24-17/h1-4,11,13-14,16,21-23H,5-10H2/t11-,13-,14+,16?/m1/s1. The van der Waals surface area contributed by atoms with E-state index in [1.165, 1.54) is 4.70 Å². The molecule has 1 unspecified atom stereocenters. The van der Waals surface area contributed by atoms with Crippen molar-refractivity contribution in [2.45, 2.75) is 24.7 Å². The molecule has 7 heteroatoms. The summed E-state index contributed by atoms with van der Waals surface area (Å²) in [6.45, 7) is 3.63. The van der Waals surface area contributed by atoms with E-state index in [0.717, 1.165) is 36.7 Å². The van der Waals surface area contributed by atoms with Crippen LogP contribution in [0.1, 0.15) is 6.42 Å². The van der Waals surface area contributed by atoms with Crippen molar-refractivity contribution < 1.29 is 15.3 Å². The molecule has 0 amide bonds. The Bertz CT molecular complexity index is 664. The van der Waals surface area contributed by atoms with Crippen molar-refractivity contribution in [2.75, 3.05) is 37.6 Å². The van der Waals surface area contributed by atoms with Crippen molar-refractivity contribution in [3.8, 4) is 0 Å². The first-order chi connectivity index (χ1) is 11.6. The monoisotopic (exact) mass is 349 g/mol. The Kier molecular flexibility index (Phi) is 4.44. The SMILES string of the molecule is OC1[C@H](O)CN(C[C@H]2CCN(c3nc4ccccc4s3)C2)C[C@@H]1O. The fourth-order valence-corrected chi connectivity index (χ4v) is 4.74. The molecule has 3 N–H and O–H groups in total. The molecule has 24 heavy (non-hydrogen) atoms. The Morgan fingerprint density at radius 3 is 2.58 bits per heavy atom. The highest BCUT2D eigenvalue weighted by Gasteiger charge is 2.35. The van der Waals surface area contributed by atoms with Crippen LogP contribution in [0.2, 0.25) is 0 Å². The molecule has 0 spiro atoms. The third-order valence-corrected chi connectivity index (χ3v) is 6.13. The lowest BCUT2D eigenvalue weighted by molar-refractivity contribution is -0.111. The minimum Gasteiger partial charge on any atom is -0.389 e. The number of hydrogen-bond acceptors (Lipinski definition) is 7. The largest absolute Gasteiger partial charge is 0.389 e. The van der Waals surface area contributed by atoms with Gasteiger partial charge in [-0.3, -0.25) is 4.90 Å². The summed E-state index contributed by atoms with van der Waals surface area (Å²) in [4.78, 5) is 9.13. The summed E-state index contributed by atoms with van der Waals surface area (Å²) < 4.78 is 1.22. The normalized spacial score (nSPS) is 31.9. The van der Waals surface area contributed by atoms with Gasteiger partial charge in [-0.25, -0.2) is 4.98 Å². The number of benzene rings is 1. The number of β-amino-alcohol motifs (C(OH)–C–C–N with tert-alkyl or cyclic N) is 2. The summed E-state index contributed by atoms with van der Waals surface area (Å²) in [5.74, 6) is 0.492. The second-order valence-corrected chi connectivity index (χ2v) is 7.92. The molecule has 4 rings (SSSR count). The first-order valence-corrected chi connectivity index (χ1v) is 9.29.